The Kier molecular flexibility index (Phi) is 12.9. The summed E-state index contributed by atoms with van der Waals surface area (Å²) in [4.78, 5) is 21.1. The number of nitrogens with one attached hydrogen (secondary N) is 1. The van der Waals surface area contributed by atoms with E-state index in [1.165, 1.54) is 16.9 Å². The lowest BCUT2D eigenvalue weighted by molar-refractivity contribution is 0.0946. The van der Waals surface area contributed by atoms with Gasteiger partial charge in [-0.05, 0) is 18.2 Å². The van der Waals surface area contributed by atoms with Crippen LogP contribution < -0.4 is 11.1 Å². The quantitative estimate of drug-likeness (QED) is 0.681. The summed E-state index contributed by atoms with van der Waals surface area (Å²) in [6.45, 7) is 6.36. The van der Waals surface area contributed by atoms with Crippen LogP contribution in [-0.2, 0) is 19.6 Å². The molecule has 2 aromatic rings. The van der Waals surface area contributed by atoms with E-state index in [0.29, 0.717) is 18.8 Å². The van der Waals surface area contributed by atoms with Gasteiger partial charge in [0.15, 0.2) is 0 Å². The lowest BCUT2D eigenvalue weighted by atomic mass is 10.1. The molecule has 0 radical (unpaired) electrons. The fraction of sp³-hybridized carbons (Fsp3) is 0.444. The summed E-state index contributed by atoms with van der Waals surface area (Å²) < 4.78 is 0. The Morgan fingerprint density at radius 3 is 2.29 bits per heavy atom. The minimum Gasteiger partial charge on any atom is -0.347 e. The van der Waals surface area contributed by atoms with Crippen molar-refractivity contribution in [2.75, 3.05) is 33.2 Å². The highest BCUT2D eigenvalue weighted by Crippen LogP contribution is 2.11. The summed E-state index contributed by atoms with van der Waals surface area (Å²) in [6, 6.07) is 8.46. The van der Waals surface area contributed by atoms with E-state index in [1.54, 1.807) is 5.38 Å². The molecule has 0 unspecified atom stereocenters. The third-order valence-electron chi connectivity index (χ3n) is 4.44. The molecule has 1 fully saturated rings. The molecule has 3 rings (SSSR count). The van der Waals surface area contributed by atoms with E-state index in [9.17, 15) is 4.79 Å². The van der Waals surface area contributed by atoms with Crippen molar-refractivity contribution in [1.29, 1.82) is 0 Å². The Balaban J connectivity index is 0.00000243. The molecule has 3 N–H and O–H groups in total. The van der Waals surface area contributed by atoms with Gasteiger partial charge < -0.3 is 16.0 Å². The van der Waals surface area contributed by atoms with Gasteiger partial charge in [0.2, 0.25) is 0 Å². The Morgan fingerprint density at radius 1 is 1.11 bits per heavy atom. The summed E-state index contributed by atoms with van der Waals surface area (Å²) in [5, 5.41) is 5.43. The van der Waals surface area contributed by atoms with Crippen molar-refractivity contribution in [1.82, 2.24) is 20.1 Å². The van der Waals surface area contributed by atoms with Crippen molar-refractivity contribution in [3.63, 3.8) is 0 Å². The normalized spacial score (nSPS) is 14.4. The third kappa shape index (κ3) is 7.83. The zero-order valence-electron chi connectivity index (χ0n) is 15.8. The topological polar surface area (TPSA) is 74.5 Å². The Morgan fingerprint density at radius 2 is 1.71 bits per heavy atom. The maximum atomic E-state index is 12.1. The number of nitrogens with two attached hydrogens (primary N) is 1. The van der Waals surface area contributed by atoms with Gasteiger partial charge in [0.1, 0.15) is 10.7 Å². The highest BCUT2D eigenvalue weighted by Gasteiger charge is 2.14. The van der Waals surface area contributed by atoms with Crippen LogP contribution in [-0.4, -0.2) is 53.9 Å². The molecule has 158 valence electrons. The summed E-state index contributed by atoms with van der Waals surface area (Å²) in [5.74, 6) is -0.155. The molecule has 1 aliphatic rings. The number of halogens is 3. The molecule has 10 heteroatoms. The van der Waals surface area contributed by atoms with E-state index >= 15 is 0 Å². The van der Waals surface area contributed by atoms with Gasteiger partial charge in [-0.3, -0.25) is 9.69 Å². The maximum absolute atomic E-state index is 12.1. The molecule has 0 spiro atoms. The standard InChI is InChI=1S/C18H25N5OS.3ClH/c1-22-6-8-23(9-7-22)12-15-4-2-14(3-5-15)11-20-18(24)16-13-25-17(10-19)21-16;;;/h2-5,13H,6-12,19H2,1H3,(H,20,24);3*1H. The van der Waals surface area contributed by atoms with Crippen LogP contribution in [0, 0.1) is 0 Å². The van der Waals surface area contributed by atoms with Crippen LogP contribution in [0.4, 0.5) is 0 Å². The van der Waals surface area contributed by atoms with Crippen molar-refractivity contribution in [2.24, 2.45) is 5.73 Å². The van der Waals surface area contributed by atoms with Crippen LogP contribution in [0.15, 0.2) is 29.6 Å². The highest BCUT2D eigenvalue weighted by molar-refractivity contribution is 7.09. The number of carbonyl (C=O) groups excluding carboxylic acids is 1. The van der Waals surface area contributed by atoms with Gasteiger partial charge >= 0.3 is 0 Å². The number of carbonyl (C=O) groups is 1. The molecule has 0 aliphatic carbocycles. The number of piperazine rings is 1. The van der Waals surface area contributed by atoms with Crippen molar-refractivity contribution in [3.05, 3.63) is 51.5 Å². The molecule has 0 saturated carbocycles. The van der Waals surface area contributed by atoms with Crippen LogP contribution in [0.5, 0.6) is 0 Å². The number of likely N-dealkylation sites (N-methyl/N-ethyl adjacent to an activating group) is 1. The molecule has 0 bridgehead atoms. The molecule has 6 nitrogen and oxygen atoms in total. The number of hydrogen-bond donors (Lipinski definition) is 2. The smallest absolute Gasteiger partial charge is 0.271 e. The lowest BCUT2D eigenvalue weighted by Gasteiger charge is -2.32. The van der Waals surface area contributed by atoms with Gasteiger partial charge in [-0.25, -0.2) is 4.98 Å². The van der Waals surface area contributed by atoms with Crippen molar-refractivity contribution in [3.8, 4) is 0 Å². The molecular formula is C18H28Cl3N5OS. The Hall–Kier alpha value is -0.930. The Bertz CT molecular complexity index is 706. The van der Waals surface area contributed by atoms with Crippen molar-refractivity contribution >= 4 is 54.5 Å². The van der Waals surface area contributed by atoms with Gasteiger partial charge in [0.05, 0.1) is 0 Å². The number of nitrogens with zero attached hydrogens (tertiary/aromatic N) is 3. The van der Waals surface area contributed by atoms with Gasteiger partial charge in [-0.15, -0.1) is 48.6 Å². The van der Waals surface area contributed by atoms with Crippen molar-refractivity contribution in [2.45, 2.75) is 19.6 Å². The van der Waals surface area contributed by atoms with Crippen LogP contribution >= 0.6 is 48.6 Å². The summed E-state index contributed by atoms with van der Waals surface area (Å²) in [5.41, 5.74) is 8.37. The zero-order chi connectivity index (χ0) is 17.6. The van der Waals surface area contributed by atoms with E-state index in [0.717, 1.165) is 43.3 Å². The first-order chi connectivity index (χ1) is 12.1. The molecule has 1 aromatic carbocycles. The number of aromatic nitrogens is 1. The molecule has 0 atom stereocenters. The second kappa shape index (κ2) is 13.3. The summed E-state index contributed by atoms with van der Waals surface area (Å²) in [6.07, 6.45) is 0. The third-order valence-corrected chi connectivity index (χ3v) is 5.31. The average molecular weight is 469 g/mol. The minimum atomic E-state index is -0.155. The van der Waals surface area contributed by atoms with E-state index in [2.05, 4.69) is 51.4 Å². The van der Waals surface area contributed by atoms with Gasteiger partial charge in [0.25, 0.3) is 5.91 Å². The van der Waals surface area contributed by atoms with Crippen LogP contribution in [0.1, 0.15) is 26.6 Å². The molecular weight excluding hydrogens is 441 g/mol. The lowest BCUT2D eigenvalue weighted by Crippen LogP contribution is -2.43. The van der Waals surface area contributed by atoms with Gasteiger partial charge in [-0.1, -0.05) is 24.3 Å². The molecule has 2 heterocycles. The predicted octanol–water partition coefficient (Wildman–Crippen LogP) is 2.54. The number of benzene rings is 1. The van der Waals surface area contributed by atoms with E-state index in [1.807, 2.05) is 0 Å². The zero-order valence-corrected chi connectivity index (χ0v) is 19.1. The average Bonchev–Trinajstić information content (AvgIpc) is 3.12. The van der Waals surface area contributed by atoms with E-state index in [4.69, 9.17) is 5.73 Å². The van der Waals surface area contributed by atoms with Crippen LogP contribution in [0.25, 0.3) is 0 Å². The molecule has 1 aliphatic heterocycles. The predicted molar refractivity (Wildman–Crippen MR) is 122 cm³/mol. The van der Waals surface area contributed by atoms with E-state index in [-0.39, 0.29) is 43.1 Å². The van der Waals surface area contributed by atoms with Gasteiger partial charge in [0, 0.05) is 51.2 Å². The van der Waals surface area contributed by atoms with E-state index < -0.39 is 0 Å². The number of amides is 1. The SMILES string of the molecule is CN1CCN(Cc2ccc(CNC(=O)c3csc(CN)n3)cc2)CC1.Cl.Cl.Cl. The Labute approximate surface area is 189 Å². The minimum absolute atomic E-state index is 0. The fourth-order valence-corrected chi connectivity index (χ4v) is 3.46. The monoisotopic (exact) mass is 467 g/mol. The molecule has 1 amide bonds. The fourth-order valence-electron chi connectivity index (χ4n) is 2.81. The molecule has 28 heavy (non-hydrogen) atoms. The largest absolute Gasteiger partial charge is 0.347 e. The summed E-state index contributed by atoms with van der Waals surface area (Å²) in [7, 11) is 2.17. The molecule has 1 aromatic heterocycles. The summed E-state index contributed by atoms with van der Waals surface area (Å²) >= 11 is 1.41. The second-order valence-electron chi connectivity index (χ2n) is 6.41. The van der Waals surface area contributed by atoms with Crippen LogP contribution in [0.2, 0.25) is 0 Å². The first kappa shape index (κ1) is 27.1. The first-order valence-electron chi connectivity index (χ1n) is 8.55. The number of thiazole rings is 1. The highest BCUT2D eigenvalue weighted by atomic mass is 35.5. The first-order valence-corrected chi connectivity index (χ1v) is 9.43. The number of hydrogen-bond acceptors (Lipinski definition) is 6. The van der Waals surface area contributed by atoms with Gasteiger partial charge in [-0.2, -0.15) is 0 Å². The second-order valence-corrected chi connectivity index (χ2v) is 7.35. The maximum Gasteiger partial charge on any atom is 0.271 e. The molecule has 1 saturated heterocycles. The van der Waals surface area contributed by atoms with Crippen molar-refractivity contribution < 1.29 is 4.79 Å². The number of rotatable bonds is 6. The van der Waals surface area contributed by atoms with Crippen LogP contribution in [0.3, 0.4) is 0 Å².